The van der Waals surface area contributed by atoms with Crippen LogP contribution in [0, 0.1) is 11.3 Å². The summed E-state index contributed by atoms with van der Waals surface area (Å²) in [5, 5.41) is 14.8. The van der Waals surface area contributed by atoms with Gasteiger partial charge in [0.05, 0.1) is 17.0 Å². The van der Waals surface area contributed by atoms with Gasteiger partial charge in [0, 0.05) is 44.3 Å². The van der Waals surface area contributed by atoms with Gasteiger partial charge in [0.1, 0.15) is 0 Å². The summed E-state index contributed by atoms with van der Waals surface area (Å²) in [5.74, 6) is 0.426. The first-order valence-electron chi connectivity index (χ1n) is 10.6. The quantitative estimate of drug-likeness (QED) is 0.659. The van der Waals surface area contributed by atoms with Crippen molar-refractivity contribution < 1.29 is 4.79 Å². The minimum atomic E-state index is -0.208. The van der Waals surface area contributed by atoms with Crippen molar-refractivity contribution in [3.63, 3.8) is 0 Å². The molecule has 0 unspecified atom stereocenters. The van der Waals surface area contributed by atoms with Gasteiger partial charge < -0.3 is 9.80 Å². The predicted octanol–water partition coefficient (Wildman–Crippen LogP) is 2.64. The Labute approximate surface area is 180 Å². The lowest BCUT2D eigenvalue weighted by molar-refractivity contribution is 0.0740. The second kappa shape index (κ2) is 7.55. The van der Waals surface area contributed by atoms with Gasteiger partial charge in [-0.25, -0.2) is 4.68 Å². The molecule has 5 rings (SSSR count). The Morgan fingerprint density at radius 3 is 2.45 bits per heavy atom. The van der Waals surface area contributed by atoms with Gasteiger partial charge in [0.15, 0.2) is 5.69 Å². The molecule has 1 amide bonds. The van der Waals surface area contributed by atoms with Crippen LogP contribution in [0.4, 0.5) is 5.69 Å². The molecule has 2 aromatic carbocycles. The average Bonchev–Trinajstić information content (AvgIpc) is 3.66. The molecular weight excluding hydrogens is 390 g/mol. The first-order chi connectivity index (χ1) is 15.0. The number of amides is 1. The molecule has 31 heavy (non-hydrogen) atoms. The van der Waals surface area contributed by atoms with E-state index in [0.717, 1.165) is 5.69 Å². The summed E-state index contributed by atoms with van der Waals surface area (Å²) >= 11 is 0. The number of aryl methyl sites for hydroxylation is 1. The third-order valence-electron chi connectivity index (χ3n) is 6.21. The highest BCUT2D eigenvalue weighted by atomic mass is 16.2. The number of piperazine rings is 1. The molecule has 2 fully saturated rings. The molecule has 0 radical (unpaired) electrons. The molecule has 1 aliphatic carbocycles. The van der Waals surface area contributed by atoms with E-state index in [4.69, 9.17) is 0 Å². The van der Waals surface area contributed by atoms with Gasteiger partial charge >= 0.3 is 0 Å². The minimum Gasteiger partial charge on any atom is -0.368 e. The van der Waals surface area contributed by atoms with Gasteiger partial charge in [-0.1, -0.05) is 18.2 Å². The van der Waals surface area contributed by atoms with Crippen LogP contribution in [0.2, 0.25) is 0 Å². The molecule has 7 heteroatoms. The maximum absolute atomic E-state index is 13.3. The van der Waals surface area contributed by atoms with Crippen LogP contribution in [0.15, 0.2) is 47.3 Å². The number of carbonyl (C=O) groups is 1. The number of anilines is 1. The standard InChI is InChI=1S/C24H23N5O2/c1-27-23(30)21-5-3-2-4-20(21)22(26-27)24(31)29-10-8-28(9-11-29)19-13-16(15-25)12-18(14-19)17-6-7-17/h2-5,12-14,17H,6-11H2,1H3. The zero-order chi connectivity index (χ0) is 21.5. The summed E-state index contributed by atoms with van der Waals surface area (Å²) in [5.41, 5.74) is 3.10. The van der Waals surface area contributed by atoms with Crippen molar-refractivity contribution in [3.05, 3.63) is 69.6 Å². The molecule has 1 aliphatic heterocycles. The van der Waals surface area contributed by atoms with Crippen LogP contribution in [-0.4, -0.2) is 46.8 Å². The monoisotopic (exact) mass is 413 g/mol. The maximum Gasteiger partial charge on any atom is 0.275 e. The number of benzene rings is 2. The fourth-order valence-corrected chi connectivity index (χ4v) is 4.31. The lowest BCUT2D eigenvalue weighted by Gasteiger charge is -2.36. The van der Waals surface area contributed by atoms with Crippen LogP contribution in [-0.2, 0) is 7.05 Å². The summed E-state index contributed by atoms with van der Waals surface area (Å²) in [6, 6.07) is 15.5. The largest absolute Gasteiger partial charge is 0.368 e. The third-order valence-corrected chi connectivity index (χ3v) is 6.21. The second-order valence-corrected chi connectivity index (χ2v) is 8.30. The smallest absolute Gasteiger partial charge is 0.275 e. The molecule has 1 saturated heterocycles. The lowest BCUT2D eigenvalue weighted by atomic mass is 10.0. The van der Waals surface area contributed by atoms with Gasteiger partial charge in [0.25, 0.3) is 11.5 Å². The highest BCUT2D eigenvalue weighted by molar-refractivity contribution is 6.04. The molecule has 0 atom stereocenters. The number of nitrogens with zero attached hydrogens (tertiary/aromatic N) is 5. The van der Waals surface area contributed by atoms with Crippen molar-refractivity contribution in [2.45, 2.75) is 18.8 Å². The summed E-state index contributed by atoms with van der Waals surface area (Å²) in [6.07, 6.45) is 2.38. The van der Waals surface area contributed by atoms with Crippen molar-refractivity contribution in [2.24, 2.45) is 7.05 Å². The normalized spacial score (nSPS) is 16.4. The fourth-order valence-electron chi connectivity index (χ4n) is 4.31. The van der Waals surface area contributed by atoms with Crippen molar-refractivity contribution in [3.8, 4) is 6.07 Å². The molecule has 2 heterocycles. The molecule has 1 aromatic heterocycles. The Morgan fingerprint density at radius 2 is 1.77 bits per heavy atom. The minimum absolute atomic E-state index is 0.157. The summed E-state index contributed by atoms with van der Waals surface area (Å²) in [6.45, 7) is 2.50. The Hall–Kier alpha value is -3.66. The number of nitriles is 1. The van der Waals surface area contributed by atoms with Gasteiger partial charge in [-0.2, -0.15) is 10.4 Å². The average molecular weight is 413 g/mol. The van der Waals surface area contributed by atoms with Crippen LogP contribution in [0.25, 0.3) is 10.8 Å². The van der Waals surface area contributed by atoms with Crippen LogP contribution in [0.3, 0.4) is 0 Å². The van der Waals surface area contributed by atoms with Crippen LogP contribution in [0.5, 0.6) is 0 Å². The molecule has 0 N–H and O–H groups in total. The van der Waals surface area contributed by atoms with Crippen molar-refractivity contribution in [1.82, 2.24) is 14.7 Å². The SMILES string of the molecule is Cn1nc(C(=O)N2CCN(c3cc(C#N)cc(C4CC4)c3)CC2)c2ccccc2c1=O. The molecular formula is C24H23N5O2. The zero-order valence-corrected chi connectivity index (χ0v) is 17.4. The number of hydrogen-bond acceptors (Lipinski definition) is 5. The van der Waals surface area contributed by atoms with Crippen LogP contribution >= 0.6 is 0 Å². The van der Waals surface area contributed by atoms with E-state index in [1.165, 1.54) is 23.1 Å². The fraction of sp³-hybridized carbons (Fsp3) is 0.333. The molecule has 0 bridgehead atoms. The van der Waals surface area contributed by atoms with Gasteiger partial charge in [-0.15, -0.1) is 0 Å². The number of hydrogen-bond donors (Lipinski definition) is 0. The number of fused-ring (bicyclic) bond motifs is 1. The van der Waals surface area contributed by atoms with Gasteiger partial charge in [-0.05, 0) is 48.6 Å². The van der Waals surface area contributed by atoms with Gasteiger partial charge in [-0.3, -0.25) is 9.59 Å². The number of aromatic nitrogens is 2. The van der Waals surface area contributed by atoms with E-state index in [2.05, 4.69) is 22.1 Å². The van der Waals surface area contributed by atoms with Crippen molar-refractivity contribution >= 4 is 22.4 Å². The second-order valence-electron chi connectivity index (χ2n) is 8.30. The first-order valence-corrected chi connectivity index (χ1v) is 10.6. The van der Waals surface area contributed by atoms with E-state index < -0.39 is 0 Å². The van der Waals surface area contributed by atoms with Crippen LogP contribution < -0.4 is 10.5 Å². The van der Waals surface area contributed by atoms with Crippen molar-refractivity contribution in [2.75, 3.05) is 31.1 Å². The van der Waals surface area contributed by atoms with E-state index in [-0.39, 0.29) is 11.5 Å². The highest BCUT2D eigenvalue weighted by Gasteiger charge is 2.28. The maximum atomic E-state index is 13.3. The molecule has 1 saturated carbocycles. The topological polar surface area (TPSA) is 82.2 Å². The number of rotatable bonds is 3. The summed E-state index contributed by atoms with van der Waals surface area (Å²) in [7, 11) is 1.57. The number of carbonyl (C=O) groups excluding carboxylic acids is 1. The molecule has 2 aliphatic rings. The first kappa shape index (κ1) is 19.3. The van der Waals surface area contributed by atoms with Crippen LogP contribution in [0.1, 0.15) is 40.4 Å². The summed E-state index contributed by atoms with van der Waals surface area (Å²) in [4.78, 5) is 29.7. The zero-order valence-electron chi connectivity index (χ0n) is 17.4. The molecule has 156 valence electrons. The Balaban J connectivity index is 1.37. The molecule has 3 aromatic rings. The van der Waals surface area contributed by atoms with E-state index in [1.54, 1.807) is 30.1 Å². The Bertz CT molecular complexity index is 1280. The Morgan fingerprint density at radius 1 is 1.06 bits per heavy atom. The van der Waals surface area contributed by atoms with Gasteiger partial charge in [0.2, 0.25) is 0 Å². The third kappa shape index (κ3) is 3.55. The van der Waals surface area contributed by atoms with Crippen molar-refractivity contribution in [1.29, 1.82) is 5.26 Å². The molecule has 0 spiro atoms. The lowest BCUT2D eigenvalue weighted by Crippen LogP contribution is -2.49. The van der Waals surface area contributed by atoms with E-state index in [9.17, 15) is 14.9 Å². The Kier molecular flexibility index (Phi) is 4.70. The summed E-state index contributed by atoms with van der Waals surface area (Å²) < 4.78 is 1.23. The predicted molar refractivity (Wildman–Crippen MR) is 118 cm³/mol. The highest BCUT2D eigenvalue weighted by Crippen LogP contribution is 2.41. The molecule has 7 nitrogen and oxygen atoms in total. The van der Waals surface area contributed by atoms with E-state index >= 15 is 0 Å². The van der Waals surface area contributed by atoms with E-state index in [1.807, 2.05) is 18.2 Å². The van der Waals surface area contributed by atoms with E-state index in [0.29, 0.717) is 54.1 Å².